The van der Waals surface area contributed by atoms with E-state index in [4.69, 9.17) is 19.2 Å². The van der Waals surface area contributed by atoms with Gasteiger partial charge in [-0.15, -0.1) is 0 Å². The Kier molecular flexibility index (Phi) is 10.5. The number of para-hydroxylation sites is 1. The number of aryl methyl sites for hydroxylation is 1. The molecule has 0 aliphatic rings. The number of aromatic nitrogens is 5. The number of nitrogens with zero attached hydrogens (tertiary/aromatic N) is 6. The molecule has 0 N–H and O–H groups in total. The normalized spacial score (nSPS) is 12.2. The van der Waals surface area contributed by atoms with Crippen LogP contribution in [0.1, 0.15) is 27.8 Å². The number of anilines is 1. The molecule has 11 nitrogen and oxygen atoms in total. The molecule has 0 aliphatic carbocycles. The summed E-state index contributed by atoms with van der Waals surface area (Å²) < 4.78 is 122. The fourth-order valence-corrected chi connectivity index (χ4v) is 5.49. The summed E-state index contributed by atoms with van der Waals surface area (Å²) in [6.07, 6.45) is -5.24. The highest BCUT2D eigenvalue weighted by Crippen LogP contribution is 2.38. The zero-order valence-corrected chi connectivity index (χ0v) is 28.3. The first-order valence-electron chi connectivity index (χ1n) is 15.0. The summed E-state index contributed by atoms with van der Waals surface area (Å²) in [6.45, 7) is 0.954. The molecule has 3 heterocycles. The third kappa shape index (κ3) is 9.11. The van der Waals surface area contributed by atoms with Crippen molar-refractivity contribution in [3.63, 3.8) is 0 Å². The minimum atomic E-state index is -5.07. The van der Waals surface area contributed by atoms with E-state index in [1.165, 1.54) is 37.7 Å². The van der Waals surface area contributed by atoms with Crippen LogP contribution in [0.2, 0.25) is 0 Å². The van der Waals surface area contributed by atoms with Gasteiger partial charge in [0, 0.05) is 30.9 Å². The number of methoxy groups -OCH3 is 2. The van der Waals surface area contributed by atoms with E-state index in [2.05, 4.69) is 19.9 Å². The van der Waals surface area contributed by atoms with Gasteiger partial charge in [-0.05, 0) is 47.9 Å². The van der Waals surface area contributed by atoms with E-state index in [-0.39, 0.29) is 54.1 Å². The zero-order valence-electron chi connectivity index (χ0n) is 27.5. The monoisotopic (exact) mass is 736 g/mol. The van der Waals surface area contributed by atoms with Gasteiger partial charge in [-0.1, -0.05) is 18.2 Å². The molecule has 0 spiro atoms. The van der Waals surface area contributed by atoms with Gasteiger partial charge in [0.1, 0.15) is 6.61 Å². The maximum atomic E-state index is 13.8. The molecule has 0 amide bonds. The molecule has 5 aromatic rings. The number of fused-ring (bicyclic) bond motifs is 1. The van der Waals surface area contributed by atoms with Crippen LogP contribution in [0.3, 0.4) is 0 Å². The van der Waals surface area contributed by atoms with E-state index in [1.807, 2.05) is 19.1 Å². The molecule has 270 valence electrons. The molecule has 0 saturated heterocycles. The topological polar surface area (TPSA) is 130 Å². The van der Waals surface area contributed by atoms with Gasteiger partial charge in [0.15, 0.2) is 15.6 Å². The van der Waals surface area contributed by atoms with Crippen LogP contribution in [-0.4, -0.2) is 66.2 Å². The molecular weight excluding hydrogens is 706 g/mol. The summed E-state index contributed by atoms with van der Waals surface area (Å²) in [4.78, 5) is 23.2. The first-order valence-corrected chi connectivity index (χ1v) is 17.0. The quantitative estimate of drug-likeness (QED) is 0.131. The Morgan fingerprint density at radius 3 is 2.08 bits per heavy atom. The lowest BCUT2D eigenvalue weighted by Crippen LogP contribution is -2.25. The summed E-state index contributed by atoms with van der Waals surface area (Å²) in [5.41, 5.74) is -0.775. The molecule has 51 heavy (non-hydrogen) atoms. The maximum absolute atomic E-state index is 13.8. The van der Waals surface area contributed by atoms with Crippen molar-refractivity contribution in [2.75, 3.05) is 37.7 Å². The predicted octanol–water partition coefficient (Wildman–Crippen LogP) is 6.48. The van der Waals surface area contributed by atoms with Crippen molar-refractivity contribution in [1.82, 2.24) is 24.9 Å². The SMILES string of the molecule is COc1ncc(-c2nc3c(C)cccc3cc2CN(Cc2cc(C(F)(F)F)cc(C(F)(F)F)c2)c2ncc(OCCS(C)(=O)=O)cn2)c(OC)n1. The van der Waals surface area contributed by atoms with E-state index in [9.17, 15) is 34.8 Å². The van der Waals surface area contributed by atoms with Crippen LogP contribution in [0.5, 0.6) is 17.6 Å². The fraction of sp³-hybridized carbons (Fsp3) is 0.303. The van der Waals surface area contributed by atoms with Crippen LogP contribution in [0.25, 0.3) is 22.2 Å². The van der Waals surface area contributed by atoms with Crippen LogP contribution in [0.4, 0.5) is 32.3 Å². The number of halogens is 6. The molecule has 0 fully saturated rings. The van der Waals surface area contributed by atoms with Gasteiger partial charge in [0.2, 0.25) is 11.8 Å². The average Bonchev–Trinajstić information content (AvgIpc) is 3.06. The van der Waals surface area contributed by atoms with Gasteiger partial charge in [0.05, 0.1) is 60.3 Å². The summed E-state index contributed by atoms with van der Waals surface area (Å²) in [5.74, 6) is -0.197. The minimum Gasteiger partial charge on any atom is -0.489 e. The third-order valence-electron chi connectivity index (χ3n) is 7.49. The maximum Gasteiger partial charge on any atom is 0.416 e. The van der Waals surface area contributed by atoms with Gasteiger partial charge < -0.3 is 19.1 Å². The second-order valence-electron chi connectivity index (χ2n) is 11.4. The number of pyridine rings is 1. The third-order valence-corrected chi connectivity index (χ3v) is 8.40. The highest BCUT2D eigenvalue weighted by molar-refractivity contribution is 7.90. The van der Waals surface area contributed by atoms with Crippen LogP contribution in [0, 0.1) is 6.92 Å². The number of hydrogen-bond donors (Lipinski definition) is 0. The lowest BCUT2D eigenvalue weighted by molar-refractivity contribution is -0.143. The minimum absolute atomic E-state index is 0.00741. The van der Waals surface area contributed by atoms with Crippen LogP contribution in [-0.2, 0) is 35.3 Å². The molecule has 18 heteroatoms. The van der Waals surface area contributed by atoms with Crippen LogP contribution in [0.15, 0.2) is 61.1 Å². The molecule has 2 aromatic carbocycles. The van der Waals surface area contributed by atoms with Crippen LogP contribution < -0.4 is 19.1 Å². The molecule has 0 bridgehead atoms. The lowest BCUT2D eigenvalue weighted by Gasteiger charge is -2.25. The first-order chi connectivity index (χ1) is 23.9. The highest BCUT2D eigenvalue weighted by atomic mass is 32.2. The summed E-state index contributed by atoms with van der Waals surface area (Å²) >= 11 is 0. The van der Waals surface area contributed by atoms with Crippen LogP contribution >= 0.6 is 0 Å². The Morgan fingerprint density at radius 1 is 0.824 bits per heavy atom. The highest BCUT2D eigenvalue weighted by Gasteiger charge is 2.37. The van der Waals surface area contributed by atoms with Crippen molar-refractivity contribution in [2.24, 2.45) is 0 Å². The second-order valence-corrected chi connectivity index (χ2v) is 13.6. The smallest absolute Gasteiger partial charge is 0.416 e. The Hall–Kier alpha value is -5.26. The second kappa shape index (κ2) is 14.5. The number of benzene rings is 2. The number of alkyl halides is 6. The Morgan fingerprint density at radius 2 is 1.49 bits per heavy atom. The van der Waals surface area contributed by atoms with E-state index in [0.29, 0.717) is 39.9 Å². The Balaban J connectivity index is 1.65. The zero-order chi connectivity index (χ0) is 37.1. The van der Waals surface area contributed by atoms with Crippen molar-refractivity contribution in [3.05, 3.63) is 88.9 Å². The fourth-order valence-electron chi connectivity index (χ4n) is 5.10. The van der Waals surface area contributed by atoms with Crippen molar-refractivity contribution >= 4 is 26.7 Å². The van der Waals surface area contributed by atoms with Gasteiger partial charge in [-0.3, -0.25) is 0 Å². The molecule has 5 rings (SSSR count). The van der Waals surface area contributed by atoms with E-state index >= 15 is 0 Å². The molecule has 0 radical (unpaired) electrons. The first kappa shape index (κ1) is 37.0. The molecule has 0 atom stereocenters. The van der Waals surface area contributed by atoms with Gasteiger partial charge in [-0.2, -0.15) is 31.3 Å². The number of rotatable bonds is 12. The van der Waals surface area contributed by atoms with Crippen molar-refractivity contribution in [1.29, 1.82) is 0 Å². The molecular formula is C33H30F6N6O5S. The average molecular weight is 737 g/mol. The Bertz CT molecular complexity index is 2120. The standard InChI is InChI=1S/C33H30F6N6O5S/c1-19-6-5-7-21-12-22(28(43-27(19)21)26-16-42-31(49-3)44-29(26)48-2)18-45(30-40-14-25(15-41-30)50-8-9-51(4,46)47)17-20-10-23(32(34,35)36)13-24(11-20)33(37,38)39/h5-7,10-16H,8-9,17-18H2,1-4H3. The Labute approximate surface area is 288 Å². The summed E-state index contributed by atoms with van der Waals surface area (Å²) in [7, 11) is -0.585. The molecule has 0 aliphatic heterocycles. The van der Waals surface area contributed by atoms with E-state index in [1.54, 1.807) is 12.1 Å². The van der Waals surface area contributed by atoms with Gasteiger partial charge in [-0.25, -0.2) is 28.4 Å². The molecule has 0 saturated carbocycles. The number of sulfone groups is 1. The molecule has 3 aromatic heterocycles. The molecule has 0 unspecified atom stereocenters. The van der Waals surface area contributed by atoms with Gasteiger partial charge in [0.25, 0.3) is 0 Å². The van der Waals surface area contributed by atoms with E-state index < -0.39 is 39.9 Å². The lowest BCUT2D eigenvalue weighted by atomic mass is 10.0. The van der Waals surface area contributed by atoms with Crippen molar-refractivity contribution < 1.29 is 49.0 Å². The van der Waals surface area contributed by atoms with Crippen molar-refractivity contribution in [2.45, 2.75) is 32.4 Å². The summed E-state index contributed by atoms with van der Waals surface area (Å²) in [6, 6.07) is 8.57. The van der Waals surface area contributed by atoms with E-state index in [0.717, 1.165) is 11.8 Å². The van der Waals surface area contributed by atoms with Gasteiger partial charge >= 0.3 is 18.4 Å². The van der Waals surface area contributed by atoms with Crippen molar-refractivity contribution in [3.8, 4) is 28.9 Å². The largest absolute Gasteiger partial charge is 0.489 e. The number of ether oxygens (including phenoxy) is 3. The predicted molar refractivity (Wildman–Crippen MR) is 174 cm³/mol. The number of hydrogen-bond acceptors (Lipinski definition) is 11. The summed E-state index contributed by atoms with van der Waals surface area (Å²) in [5, 5.41) is 0.691.